The number of benzene rings is 4. The standard InChI is InChI=1S/C35H39N3O5S/c1-4-22-36-35(40)33(24-28-15-7-5-8-16-28)37(25-29-17-13-18-30(23-29)43-3)34(39)26-38(32-21-12-11-14-27(32)2)44(41,42)31-19-9-6-10-20-31/h5-21,23,33H,4,22,24-26H2,1-3H3,(H,36,40)/t33-/m1/s1. The van der Waals surface area contributed by atoms with Crippen molar-refractivity contribution < 1.29 is 22.7 Å². The zero-order valence-corrected chi connectivity index (χ0v) is 26.2. The molecule has 0 saturated carbocycles. The first kappa shape index (κ1) is 32.3. The van der Waals surface area contributed by atoms with Crippen molar-refractivity contribution in [3.63, 3.8) is 0 Å². The number of ether oxygens (including phenoxy) is 1. The summed E-state index contributed by atoms with van der Waals surface area (Å²) in [6, 6.07) is 31.0. The van der Waals surface area contributed by atoms with E-state index in [0.717, 1.165) is 21.9 Å². The van der Waals surface area contributed by atoms with Crippen LogP contribution in [0.15, 0.2) is 114 Å². The molecule has 0 aliphatic rings. The molecule has 2 amide bonds. The average molecular weight is 614 g/mol. The van der Waals surface area contributed by atoms with Crippen LogP contribution < -0.4 is 14.4 Å². The molecule has 0 radical (unpaired) electrons. The first-order valence-electron chi connectivity index (χ1n) is 14.6. The summed E-state index contributed by atoms with van der Waals surface area (Å²) in [5, 5.41) is 2.96. The van der Waals surface area contributed by atoms with Crippen LogP contribution in [-0.4, -0.2) is 51.4 Å². The summed E-state index contributed by atoms with van der Waals surface area (Å²) in [5.74, 6) is -0.207. The van der Waals surface area contributed by atoms with Gasteiger partial charge in [-0.25, -0.2) is 8.42 Å². The number of sulfonamides is 1. The van der Waals surface area contributed by atoms with Gasteiger partial charge < -0.3 is 15.0 Å². The third kappa shape index (κ3) is 8.05. The first-order chi connectivity index (χ1) is 21.2. The smallest absolute Gasteiger partial charge is 0.264 e. The molecule has 1 atom stereocenters. The zero-order chi connectivity index (χ0) is 31.5. The fourth-order valence-corrected chi connectivity index (χ4v) is 6.46. The molecular weight excluding hydrogens is 574 g/mol. The maximum atomic E-state index is 14.5. The Morgan fingerprint density at radius 2 is 1.48 bits per heavy atom. The molecule has 9 heteroatoms. The Morgan fingerprint density at radius 1 is 0.841 bits per heavy atom. The van der Waals surface area contributed by atoms with Crippen molar-refractivity contribution in [3.05, 3.63) is 126 Å². The second kappa shape index (κ2) is 15.2. The highest BCUT2D eigenvalue weighted by atomic mass is 32.2. The van der Waals surface area contributed by atoms with E-state index in [1.54, 1.807) is 56.5 Å². The van der Waals surface area contributed by atoms with E-state index in [4.69, 9.17) is 4.74 Å². The number of carbonyl (C=O) groups is 2. The fourth-order valence-electron chi connectivity index (χ4n) is 4.96. The van der Waals surface area contributed by atoms with Crippen LogP contribution in [-0.2, 0) is 32.6 Å². The minimum Gasteiger partial charge on any atom is -0.497 e. The molecule has 0 heterocycles. The minimum absolute atomic E-state index is 0.0666. The van der Waals surface area contributed by atoms with Crippen LogP contribution in [0.2, 0.25) is 0 Å². The lowest BCUT2D eigenvalue weighted by atomic mass is 10.0. The molecule has 4 aromatic carbocycles. The molecule has 0 aromatic heterocycles. The molecule has 4 rings (SSSR count). The molecular formula is C35H39N3O5S. The molecule has 0 aliphatic heterocycles. The van der Waals surface area contributed by atoms with Gasteiger partial charge in [-0.1, -0.05) is 85.8 Å². The summed E-state index contributed by atoms with van der Waals surface area (Å²) in [5.41, 5.74) is 2.70. The quantitative estimate of drug-likeness (QED) is 0.207. The average Bonchev–Trinajstić information content (AvgIpc) is 3.05. The summed E-state index contributed by atoms with van der Waals surface area (Å²) < 4.78 is 34.7. The van der Waals surface area contributed by atoms with Gasteiger partial charge in [-0.2, -0.15) is 0 Å². The van der Waals surface area contributed by atoms with Gasteiger partial charge in [0.2, 0.25) is 11.8 Å². The molecule has 8 nitrogen and oxygen atoms in total. The van der Waals surface area contributed by atoms with E-state index >= 15 is 0 Å². The van der Waals surface area contributed by atoms with Gasteiger partial charge in [0.05, 0.1) is 17.7 Å². The van der Waals surface area contributed by atoms with Gasteiger partial charge in [-0.3, -0.25) is 13.9 Å². The monoisotopic (exact) mass is 613 g/mol. The number of hydrogen-bond donors (Lipinski definition) is 1. The molecule has 0 bridgehead atoms. The van der Waals surface area contributed by atoms with Crippen LogP contribution in [0.3, 0.4) is 0 Å². The Hall–Kier alpha value is -4.63. The molecule has 0 saturated heterocycles. The minimum atomic E-state index is -4.14. The predicted octanol–water partition coefficient (Wildman–Crippen LogP) is 5.37. The van der Waals surface area contributed by atoms with E-state index in [9.17, 15) is 18.0 Å². The molecule has 1 N–H and O–H groups in total. The summed E-state index contributed by atoms with van der Waals surface area (Å²) in [7, 11) is -2.58. The highest BCUT2D eigenvalue weighted by molar-refractivity contribution is 7.92. The maximum Gasteiger partial charge on any atom is 0.264 e. The molecule has 44 heavy (non-hydrogen) atoms. The van der Waals surface area contributed by atoms with Gasteiger partial charge in [0.1, 0.15) is 18.3 Å². The summed E-state index contributed by atoms with van der Waals surface area (Å²) >= 11 is 0. The highest BCUT2D eigenvalue weighted by Gasteiger charge is 2.35. The first-order valence-corrected chi connectivity index (χ1v) is 16.1. The third-order valence-corrected chi connectivity index (χ3v) is 9.08. The molecule has 0 aliphatic carbocycles. The lowest BCUT2D eigenvalue weighted by Crippen LogP contribution is -2.53. The van der Waals surface area contributed by atoms with E-state index < -0.39 is 28.5 Å². The number of methoxy groups -OCH3 is 1. The fraction of sp³-hybridized carbons (Fsp3) is 0.257. The van der Waals surface area contributed by atoms with E-state index in [1.165, 1.54) is 17.0 Å². The SMILES string of the molecule is CCCNC(=O)[C@@H](Cc1ccccc1)N(Cc1cccc(OC)c1)C(=O)CN(c1ccccc1C)S(=O)(=O)c1ccccc1. The Bertz CT molecular complexity index is 1650. The summed E-state index contributed by atoms with van der Waals surface area (Å²) in [6.45, 7) is 3.78. The number of carbonyl (C=O) groups excluding carboxylic acids is 2. The second-order valence-electron chi connectivity index (χ2n) is 10.5. The molecule has 4 aromatic rings. The van der Waals surface area contributed by atoms with E-state index in [1.807, 2.05) is 61.5 Å². The van der Waals surface area contributed by atoms with Crippen LogP contribution in [0.25, 0.3) is 0 Å². The van der Waals surface area contributed by atoms with Gasteiger partial charge in [0, 0.05) is 19.5 Å². The lowest BCUT2D eigenvalue weighted by Gasteiger charge is -2.34. The Balaban J connectivity index is 1.81. The van der Waals surface area contributed by atoms with Gasteiger partial charge in [0.25, 0.3) is 10.0 Å². The van der Waals surface area contributed by atoms with Crippen LogP contribution in [0, 0.1) is 6.92 Å². The normalized spacial score (nSPS) is 11.8. The number of rotatable bonds is 14. The van der Waals surface area contributed by atoms with Crippen LogP contribution in [0.5, 0.6) is 5.75 Å². The predicted molar refractivity (Wildman–Crippen MR) is 173 cm³/mol. The number of nitrogens with one attached hydrogen (secondary N) is 1. The number of anilines is 1. The maximum absolute atomic E-state index is 14.5. The number of nitrogens with zero attached hydrogens (tertiary/aromatic N) is 2. The van der Waals surface area contributed by atoms with Crippen LogP contribution in [0.4, 0.5) is 5.69 Å². The van der Waals surface area contributed by atoms with Gasteiger partial charge in [0.15, 0.2) is 0 Å². The third-order valence-electron chi connectivity index (χ3n) is 7.30. The van der Waals surface area contributed by atoms with Crippen LogP contribution in [0.1, 0.15) is 30.0 Å². The Labute approximate surface area is 260 Å². The van der Waals surface area contributed by atoms with Gasteiger partial charge >= 0.3 is 0 Å². The van der Waals surface area contributed by atoms with E-state index in [-0.39, 0.29) is 23.8 Å². The summed E-state index contributed by atoms with van der Waals surface area (Å²) in [4.78, 5) is 29.8. The van der Waals surface area contributed by atoms with Crippen molar-refractivity contribution in [1.29, 1.82) is 0 Å². The molecule has 0 unspecified atom stereocenters. The van der Waals surface area contributed by atoms with Gasteiger partial charge in [-0.15, -0.1) is 0 Å². The van der Waals surface area contributed by atoms with Crippen molar-refractivity contribution in [2.24, 2.45) is 0 Å². The van der Waals surface area contributed by atoms with Crippen molar-refractivity contribution in [2.45, 2.75) is 44.2 Å². The second-order valence-corrected chi connectivity index (χ2v) is 12.3. The largest absolute Gasteiger partial charge is 0.497 e. The molecule has 230 valence electrons. The zero-order valence-electron chi connectivity index (χ0n) is 25.3. The summed E-state index contributed by atoms with van der Waals surface area (Å²) in [6.07, 6.45) is 0.978. The Kier molecular flexibility index (Phi) is 11.2. The number of para-hydroxylation sites is 1. The molecule has 0 fully saturated rings. The van der Waals surface area contributed by atoms with Crippen molar-refractivity contribution in [1.82, 2.24) is 10.2 Å². The number of hydrogen-bond acceptors (Lipinski definition) is 5. The highest BCUT2D eigenvalue weighted by Crippen LogP contribution is 2.28. The van der Waals surface area contributed by atoms with Crippen LogP contribution >= 0.6 is 0 Å². The lowest BCUT2D eigenvalue weighted by molar-refractivity contribution is -0.140. The van der Waals surface area contributed by atoms with Gasteiger partial charge in [-0.05, 0) is 60.4 Å². The number of aryl methyl sites for hydroxylation is 1. The van der Waals surface area contributed by atoms with Crippen molar-refractivity contribution >= 4 is 27.5 Å². The Morgan fingerprint density at radius 3 is 2.14 bits per heavy atom. The van der Waals surface area contributed by atoms with E-state index in [2.05, 4.69) is 5.32 Å². The van der Waals surface area contributed by atoms with Crippen molar-refractivity contribution in [3.8, 4) is 5.75 Å². The topological polar surface area (TPSA) is 96.0 Å². The van der Waals surface area contributed by atoms with E-state index in [0.29, 0.717) is 23.5 Å². The van der Waals surface area contributed by atoms with Crippen molar-refractivity contribution in [2.75, 3.05) is 24.5 Å². The number of amides is 2. The molecule has 0 spiro atoms.